The lowest BCUT2D eigenvalue weighted by Crippen LogP contribution is -2.23. The zero-order valence-corrected chi connectivity index (χ0v) is 18.1. The van der Waals surface area contributed by atoms with Crippen LogP contribution in [0.1, 0.15) is 44.2 Å². The van der Waals surface area contributed by atoms with Gasteiger partial charge in [-0.3, -0.25) is 0 Å². The van der Waals surface area contributed by atoms with Gasteiger partial charge in [0.15, 0.2) is 0 Å². The molecule has 0 heterocycles. The molecule has 30 heavy (non-hydrogen) atoms. The third kappa shape index (κ3) is 4.34. The molecule has 0 fully saturated rings. The fourth-order valence-corrected chi connectivity index (χ4v) is 4.08. The van der Waals surface area contributed by atoms with E-state index in [9.17, 15) is 0 Å². The van der Waals surface area contributed by atoms with Crippen molar-refractivity contribution >= 4 is 21.5 Å². The second-order valence-electron chi connectivity index (χ2n) is 7.88. The molecule has 4 rings (SSSR count). The number of hydrogen-bond donors (Lipinski definition) is 0. The van der Waals surface area contributed by atoms with Gasteiger partial charge in [0.1, 0.15) is 5.75 Å². The number of rotatable bonds is 8. The largest absolute Gasteiger partial charge is 0.465 e. The summed E-state index contributed by atoms with van der Waals surface area (Å²) >= 11 is 0. The highest BCUT2D eigenvalue weighted by Gasteiger charge is 2.16. The summed E-state index contributed by atoms with van der Waals surface area (Å²) in [5.41, 5.74) is 2.62. The Kier molecular flexibility index (Phi) is 6.35. The van der Waals surface area contributed by atoms with Crippen molar-refractivity contribution in [2.75, 3.05) is 6.61 Å². The van der Waals surface area contributed by atoms with Crippen LogP contribution in [-0.2, 0) is 11.2 Å². The van der Waals surface area contributed by atoms with Crippen LogP contribution in [0.2, 0.25) is 0 Å². The summed E-state index contributed by atoms with van der Waals surface area (Å²) in [6.07, 6.45) is 1.50. The van der Waals surface area contributed by atoms with Crippen molar-refractivity contribution in [1.82, 2.24) is 0 Å². The fourth-order valence-electron chi connectivity index (χ4n) is 4.08. The van der Waals surface area contributed by atoms with E-state index in [0.717, 1.165) is 12.2 Å². The van der Waals surface area contributed by atoms with Gasteiger partial charge in [0, 0.05) is 13.0 Å². The monoisotopic (exact) mass is 398 g/mol. The van der Waals surface area contributed by atoms with Gasteiger partial charge in [-0.05, 0) is 70.1 Å². The van der Waals surface area contributed by atoms with Gasteiger partial charge in [-0.2, -0.15) is 0 Å². The molecule has 0 aromatic heterocycles. The standard InChI is InChI=1S/C28H30O2/c1-4-20(3)21-14-16-24(17-15-21)30-28(29-5-2)19-27-25-12-8-6-10-22(25)18-23-11-7-9-13-26(23)27/h6-18,20,28H,4-5,19H2,1-3H3. The van der Waals surface area contributed by atoms with Crippen molar-refractivity contribution in [2.45, 2.75) is 45.8 Å². The third-order valence-electron chi connectivity index (χ3n) is 5.94. The van der Waals surface area contributed by atoms with Crippen molar-refractivity contribution in [2.24, 2.45) is 0 Å². The average Bonchev–Trinajstić information content (AvgIpc) is 2.79. The highest BCUT2D eigenvalue weighted by Crippen LogP contribution is 2.30. The maximum atomic E-state index is 6.30. The topological polar surface area (TPSA) is 18.5 Å². The SMILES string of the molecule is CCOC(Cc1c2ccccc2cc2ccccc12)Oc1ccc(C(C)CC)cc1. The average molecular weight is 399 g/mol. The summed E-state index contributed by atoms with van der Waals surface area (Å²) in [6, 6.07) is 27.9. The lowest BCUT2D eigenvalue weighted by atomic mass is 9.94. The quantitative estimate of drug-likeness (QED) is 0.226. The molecular formula is C28H30O2. The molecule has 2 unspecified atom stereocenters. The van der Waals surface area contributed by atoms with E-state index in [1.165, 1.54) is 32.7 Å². The van der Waals surface area contributed by atoms with Crippen LogP contribution in [0.3, 0.4) is 0 Å². The Morgan fingerprint density at radius 2 is 1.37 bits per heavy atom. The molecule has 0 saturated carbocycles. The van der Waals surface area contributed by atoms with Gasteiger partial charge in [0.25, 0.3) is 0 Å². The third-order valence-corrected chi connectivity index (χ3v) is 5.94. The second-order valence-corrected chi connectivity index (χ2v) is 7.88. The predicted molar refractivity (Wildman–Crippen MR) is 126 cm³/mol. The van der Waals surface area contributed by atoms with E-state index in [-0.39, 0.29) is 6.29 Å². The smallest absolute Gasteiger partial charge is 0.203 e. The van der Waals surface area contributed by atoms with Crippen molar-refractivity contribution in [3.63, 3.8) is 0 Å². The Morgan fingerprint density at radius 3 is 1.93 bits per heavy atom. The predicted octanol–water partition coefficient (Wildman–Crippen LogP) is 7.49. The molecule has 2 heteroatoms. The molecule has 154 valence electrons. The van der Waals surface area contributed by atoms with Crippen LogP contribution in [0.25, 0.3) is 21.5 Å². The first kappa shape index (κ1) is 20.4. The van der Waals surface area contributed by atoms with Crippen LogP contribution in [-0.4, -0.2) is 12.9 Å². The van der Waals surface area contributed by atoms with Crippen molar-refractivity contribution in [3.8, 4) is 5.75 Å². The lowest BCUT2D eigenvalue weighted by Gasteiger charge is -2.21. The summed E-state index contributed by atoms with van der Waals surface area (Å²) in [6.45, 7) is 7.10. The molecule has 0 N–H and O–H groups in total. The Balaban J connectivity index is 1.66. The number of hydrogen-bond acceptors (Lipinski definition) is 2. The van der Waals surface area contributed by atoms with E-state index < -0.39 is 0 Å². The molecule has 4 aromatic rings. The molecule has 0 amide bonds. The van der Waals surface area contributed by atoms with Crippen molar-refractivity contribution in [3.05, 3.63) is 90.0 Å². The molecule has 0 spiro atoms. The molecule has 0 saturated heterocycles. The number of fused-ring (bicyclic) bond motifs is 2. The van der Waals surface area contributed by atoms with Gasteiger partial charge >= 0.3 is 0 Å². The first-order chi connectivity index (χ1) is 14.7. The summed E-state index contributed by atoms with van der Waals surface area (Å²) < 4.78 is 12.3. The summed E-state index contributed by atoms with van der Waals surface area (Å²) in [4.78, 5) is 0. The lowest BCUT2D eigenvalue weighted by molar-refractivity contribution is -0.0736. The number of benzene rings is 4. The highest BCUT2D eigenvalue weighted by molar-refractivity contribution is 6.02. The normalized spacial score (nSPS) is 13.4. The maximum absolute atomic E-state index is 6.30. The first-order valence-electron chi connectivity index (χ1n) is 11.0. The second kappa shape index (κ2) is 9.32. The van der Waals surface area contributed by atoms with Gasteiger partial charge in [-0.15, -0.1) is 0 Å². The minimum absolute atomic E-state index is 0.335. The number of ether oxygens (including phenoxy) is 2. The van der Waals surface area contributed by atoms with E-state index in [0.29, 0.717) is 18.9 Å². The molecule has 0 aliphatic rings. The Morgan fingerprint density at radius 1 is 0.767 bits per heavy atom. The van der Waals surface area contributed by atoms with E-state index >= 15 is 0 Å². The Hall–Kier alpha value is -2.84. The van der Waals surface area contributed by atoms with E-state index in [1.807, 2.05) is 6.92 Å². The van der Waals surface area contributed by atoms with E-state index in [4.69, 9.17) is 9.47 Å². The van der Waals surface area contributed by atoms with E-state index in [2.05, 4.69) is 92.7 Å². The van der Waals surface area contributed by atoms with Crippen molar-refractivity contribution in [1.29, 1.82) is 0 Å². The minimum atomic E-state index is -0.335. The highest BCUT2D eigenvalue weighted by atomic mass is 16.7. The molecule has 0 bridgehead atoms. The van der Waals surface area contributed by atoms with Crippen LogP contribution in [0.5, 0.6) is 5.75 Å². The molecular weight excluding hydrogens is 368 g/mol. The summed E-state index contributed by atoms with van der Waals surface area (Å²) in [5.74, 6) is 1.41. The first-order valence-corrected chi connectivity index (χ1v) is 11.0. The molecule has 4 aromatic carbocycles. The van der Waals surface area contributed by atoms with Crippen LogP contribution < -0.4 is 4.74 Å². The van der Waals surface area contributed by atoms with Gasteiger partial charge in [-0.1, -0.05) is 74.5 Å². The van der Waals surface area contributed by atoms with Crippen LogP contribution in [0.4, 0.5) is 0 Å². The summed E-state index contributed by atoms with van der Waals surface area (Å²) in [7, 11) is 0. The van der Waals surface area contributed by atoms with Gasteiger partial charge < -0.3 is 9.47 Å². The van der Waals surface area contributed by atoms with Gasteiger partial charge in [0.05, 0.1) is 0 Å². The molecule has 0 aliphatic carbocycles. The Labute approximate surface area is 179 Å². The fraction of sp³-hybridized carbons (Fsp3) is 0.286. The van der Waals surface area contributed by atoms with Crippen LogP contribution in [0, 0.1) is 0 Å². The Bertz CT molecular complexity index is 1060. The minimum Gasteiger partial charge on any atom is -0.465 e. The van der Waals surface area contributed by atoms with E-state index in [1.54, 1.807) is 0 Å². The molecule has 0 aliphatic heterocycles. The zero-order valence-electron chi connectivity index (χ0n) is 18.1. The zero-order chi connectivity index (χ0) is 20.9. The summed E-state index contributed by atoms with van der Waals surface area (Å²) in [5, 5.41) is 5.02. The molecule has 2 nitrogen and oxygen atoms in total. The van der Waals surface area contributed by atoms with Crippen LogP contribution >= 0.6 is 0 Å². The van der Waals surface area contributed by atoms with Gasteiger partial charge in [-0.25, -0.2) is 0 Å². The maximum Gasteiger partial charge on any atom is 0.203 e. The van der Waals surface area contributed by atoms with Gasteiger partial charge in [0.2, 0.25) is 6.29 Å². The molecule has 0 radical (unpaired) electrons. The van der Waals surface area contributed by atoms with Crippen molar-refractivity contribution < 1.29 is 9.47 Å². The molecule has 2 atom stereocenters. The van der Waals surface area contributed by atoms with Crippen LogP contribution in [0.15, 0.2) is 78.9 Å².